The standard InChI is InChI=1S/C10H22N2/c1-9(2)11-7-5-6-8-12(11)10(3)4/h9-10H,5-8H2,1-4H3. The molecule has 72 valence electrons. The first-order chi connectivity index (χ1) is 5.63. The zero-order chi connectivity index (χ0) is 9.14. The summed E-state index contributed by atoms with van der Waals surface area (Å²) in [5.41, 5.74) is 0. The van der Waals surface area contributed by atoms with Crippen LogP contribution in [0.15, 0.2) is 0 Å². The van der Waals surface area contributed by atoms with Crippen LogP contribution in [0.25, 0.3) is 0 Å². The van der Waals surface area contributed by atoms with Crippen molar-refractivity contribution in [3.05, 3.63) is 0 Å². The Kier molecular flexibility index (Phi) is 3.53. The van der Waals surface area contributed by atoms with Gasteiger partial charge in [0.05, 0.1) is 0 Å². The first kappa shape index (κ1) is 10.0. The minimum atomic E-state index is 0.660. The van der Waals surface area contributed by atoms with Gasteiger partial charge in [0.15, 0.2) is 0 Å². The molecule has 12 heavy (non-hydrogen) atoms. The van der Waals surface area contributed by atoms with Crippen molar-refractivity contribution in [2.24, 2.45) is 0 Å². The number of nitrogens with zero attached hydrogens (tertiary/aromatic N) is 2. The minimum Gasteiger partial charge on any atom is -0.239 e. The van der Waals surface area contributed by atoms with E-state index >= 15 is 0 Å². The highest BCUT2D eigenvalue weighted by Crippen LogP contribution is 2.16. The van der Waals surface area contributed by atoms with Crippen molar-refractivity contribution in [3.63, 3.8) is 0 Å². The molecule has 1 fully saturated rings. The van der Waals surface area contributed by atoms with Crippen molar-refractivity contribution in [2.75, 3.05) is 13.1 Å². The second kappa shape index (κ2) is 4.24. The highest BCUT2D eigenvalue weighted by Gasteiger charge is 2.23. The van der Waals surface area contributed by atoms with Crippen LogP contribution in [-0.4, -0.2) is 35.2 Å². The van der Waals surface area contributed by atoms with E-state index in [1.807, 2.05) is 0 Å². The minimum absolute atomic E-state index is 0.660. The van der Waals surface area contributed by atoms with E-state index in [0.717, 1.165) is 0 Å². The summed E-state index contributed by atoms with van der Waals surface area (Å²) in [6, 6.07) is 1.32. The molecule has 0 atom stereocenters. The van der Waals surface area contributed by atoms with E-state index in [0.29, 0.717) is 12.1 Å². The summed E-state index contributed by atoms with van der Waals surface area (Å²) in [6.45, 7) is 11.6. The Morgan fingerprint density at radius 2 is 1.08 bits per heavy atom. The smallest absolute Gasteiger partial charge is 0.0189 e. The zero-order valence-corrected chi connectivity index (χ0v) is 8.88. The highest BCUT2D eigenvalue weighted by atomic mass is 15.6. The molecule has 0 spiro atoms. The molecule has 0 bridgehead atoms. The van der Waals surface area contributed by atoms with Crippen LogP contribution < -0.4 is 0 Å². The largest absolute Gasteiger partial charge is 0.239 e. The molecule has 0 aromatic rings. The summed E-state index contributed by atoms with van der Waals surface area (Å²) in [5.74, 6) is 0. The average Bonchev–Trinajstić information content (AvgIpc) is 2.04. The van der Waals surface area contributed by atoms with Crippen molar-refractivity contribution in [2.45, 2.75) is 52.6 Å². The third-order valence-electron chi connectivity index (χ3n) is 2.55. The molecule has 0 aromatic heterocycles. The molecule has 1 heterocycles. The Balaban J connectivity index is 2.54. The van der Waals surface area contributed by atoms with Gasteiger partial charge in [-0.3, -0.25) is 0 Å². The van der Waals surface area contributed by atoms with Crippen LogP contribution in [0.3, 0.4) is 0 Å². The predicted octanol–water partition coefficient (Wildman–Crippen LogP) is 2.12. The van der Waals surface area contributed by atoms with Crippen molar-refractivity contribution in [1.29, 1.82) is 0 Å². The molecule has 1 aliphatic rings. The molecule has 1 aliphatic heterocycles. The normalized spacial score (nSPS) is 22.5. The van der Waals surface area contributed by atoms with Gasteiger partial charge in [-0.1, -0.05) is 0 Å². The average molecular weight is 170 g/mol. The summed E-state index contributed by atoms with van der Waals surface area (Å²) >= 11 is 0. The molecule has 1 saturated heterocycles. The van der Waals surface area contributed by atoms with Gasteiger partial charge in [0.2, 0.25) is 0 Å². The zero-order valence-electron chi connectivity index (χ0n) is 8.88. The molecule has 0 amide bonds. The Morgan fingerprint density at radius 3 is 1.33 bits per heavy atom. The summed E-state index contributed by atoms with van der Waals surface area (Å²) in [4.78, 5) is 0. The van der Waals surface area contributed by atoms with Crippen molar-refractivity contribution in [3.8, 4) is 0 Å². The molecular weight excluding hydrogens is 148 g/mol. The van der Waals surface area contributed by atoms with Crippen LogP contribution >= 0.6 is 0 Å². The van der Waals surface area contributed by atoms with E-state index in [-0.39, 0.29) is 0 Å². The Hall–Kier alpha value is -0.0800. The van der Waals surface area contributed by atoms with E-state index in [1.165, 1.54) is 25.9 Å². The lowest BCUT2D eigenvalue weighted by Crippen LogP contribution is -2.53. The molecule has 1 rings (SSSR count). The van der Waals surface area contributed by atoms with Gasteiger partial charge >= 0.3 is 0 Å². The molecule has 0 unspecified atom stereocenters. The third kappa shape index (κ3) is 2.20. The van der Waals surface area contributed by atoms with E-state index in [1.54, 1.807) is 0 Å². The summed E-state index contributed by atoms with van der Waals surface area (Å²) < 4.78 is 0. The Labute approximate surface area is 76.5 Å². The summed E-state index contributed by atoms with van der Waals surface area (Å²) in [5, 5.41) is 5.02. The quantitative estimate of drug-likeness (QED) is 0.626. The lowest BCUT2D eigenvalue weighted by Gasteiger charge is -2.43. The molecule has 2 heteroatoms. The van der Waals surface area contributed by atoms with Crippen LogP contribution in [0, 0.1) is 0 Å². The predicted molar refractivity (Wildman–Crippen MR) is 52.9 cm³/mol. The second-order valence-electron chi connectivity index (χ2n) is 4.22. The monoisotopic (exact) mass is 170 g/mol. The maximum Gasteiger partial charge on any atom is 0.0189 e. The van der Waals surface area contributed by atoms with Crippen molar-refractivity contribution < 1.29 is 0 Å². The maximum absolute atomic E-state index is 2.51. The van der Waals surface area contributed by atoms with Gasteiger partial charge in [0.1, 0.15) is 0 Å². The number of rotatable bonds is 2. The molecule has 0 N–H and O–H groups in total. The fraction of sp³-hybridized carbons (Fsp3) is 1.00. The van der Waals surface area contributed by atoms with Crippen LogP contribution in [0.2, 0.25) is 0 Å². The molecular formula is C10H22N2. The lowest BCUT2D eigenvalue weighted by atomic mass is 10.2. The molecule has 0 aromatic carbocycles. The van der Waals surface area contributed by atoms with E-state index in [9.17, 15) is 0 Å². The molecule has 0 aliphatic carbocycles. The van der Waals surface area contributed by atoms with Crippen LogP contribution in [0.5, 0.6) is 0 Å². The molecule has 0 saturated carbocycles. The van der Waals surface area contributed by atoms with Crippen LogP contribution in [0.4, 0.5) is 0 Å². The fourth-order valence-corrected chi connectivity index (χ4v) is 1.91. The number of hydrazine groups is 1. The van der Waals surface area contributed by atoms with Crippen LogP contribution in [0.1, 0.15) is 40.5 Å². The van der Waals surface area contributed by atoms with Gasteiger partial charge in [-0.25, -0.2) is 10.0 Å². The topological polar surface area (TPSA) is 6.48 Å². The van der Waals surface area contributed by atoms with E-state index in [4.69, 9.17) is 0 Å². The number of hydrogen-bond acceptors (Lipinski definition) is 2. The summed E-state index contributed by atoms with van der Waals surface area (Å²) in [6.07, 6.45) is 2.72. The lowest BCUT2D eigenvalue weighted by molar-refractivity contribution is -0.0952. The fourth-order valence-electron chi connectivity index (χ4n) is 1.91. The first-order valence-electron chi connectivity index (χ1n) is 5.16. The van der Waals surface area contributed by atoms with Gasteiger partial charge < -0.3 is 0 Å². The number of hydrogen-bond donors (Lipinski definition) is 0. The van der Waals surface area contributed by atoms with Gasteiger partial charge in [-0.05, 0) is 40.5 Å². The first-order valence-corrected chi connectivity index (χ1v) is 5.16. The van der Waals surface area contributed by atoms with Gasteiger partial charge in [0, 0.05) is 25.2 Å². The Morgan fingerprint density at radius 1 is 0.750 bits per heavy atom. The maximum atomic E-state index is 2.51. The summed E-state index contributed by atoms with van der Waals surface area (Å²) in [7, 11) is 0. The third-order valence-corrected chi connectivity index (χ3v) is 2.55. The Bertz CT molecular complexity index is 116. The van der Waals surface area contributed by atoms with Crippen LogP contribution in [-0.2, 0) is 0 Å². The van der Waals surface area contributed by atoms with Gasteiger partial charge in [-0.15, -0.1) is 0 Å². The molecule has 0 radical (unpaired) electrons. The highest BCUT2D eigenvalue weighted by molar-refractivity contribution is 4.70. The van der Waals surface area contributed by atoms with Crippen molar-refractivity contribution >= 4 is 0 Å². The van der Waals surface area contributed by atoms with E-state index < -0.39 is 0 Å². The van der Waals surface area contributed by atoms with Gasteiger partial charge in [0.25, 0.3) is 0 Å². The van der Waals surface area contributed by atoms with E-state index in [2.05, 4.69) is 37.7 Å². The SMILES string of the molecule is CC(C)N1CCCCN1C(C)C. The van der Waals surface area contributed by atoms with Crippen molar-refractivity contribution in [1.82, 2.24) is 10.0 Å². The van der Waals surface area contributed by atoms with Gasteiger partial charge in [-0.2, -0.15) is 0 Å². The second-order valence-corrected chi connectivity index (χ2v) is 4.22. The molecule has 2 nitrogen and oxygen atoms in total.